The number of aromatic amines is 1. The number of hydrogen-bond donors (Lipinski definition) is 3. The number of benzene rings is 1. The van der Waals surface area contributed by atoms with E-state index in [1.165, 1.54) is 32.4 Å². The lowest BCUT2D eigenvalue weighted by atomic mass is 10.1. The van der Waals surface area contributed by atoms with Gasteiger partial charge < -0.3 is 25.7 Å². The number of carbonyl (C=O) groups excluding carboxylic acids is 1. The van der Waals surface area contributed by atoms with Crippen molar-refractivity contribution in [2.24, 2.45) is 5.73 Å². The number of amides is 1. The maximum atomic E-state index is 11.1. The van der Waals surface area contributed by atoms with Gasteiger partial charge in [-0.2, -0.15) is 0 Å². The highest BCUT2D eigenvalue weighted by Crippen LogP contribution is 2.30. The van der Waals surface area contributed by atoms with E-state index in [0.717, 1.165) is 36.4 Å². The Labute approximate surface area is 169 Å². The first-order valence-electron chi connectivity index (χ1n) is 10.1. The molecule has 0 bridgehead atoms. The lowest BCUT2D eigenvalue weighted by molar-refractivity contribution is 0.211. The van der Waals surface area contributed by atoms with E-state index in [1.54, 1.807) is 18.3 Å². The number of primary amides is 1. The third-order valence-corrected chi connectivity index (χ3v) is 5.14. The van der Waals surface area contributed by atoms with Gasteiger partial charge in [0.05, 0.1) is 11.1 Å². The van der Waals surface area contributed by atoms with E-state index in [-0.39, 0.29) is 0 Å². The Balaban J connectivity index is 1.48. The first kappa shape index (κ1) is 19.2. The van der Waals surface area contributed by atoms with Gasteiger partial charge in [-0.3, -0.25) is 0 Å². The molecule has 1 fully saturated rings. The van der Waals surface area contributed by atoms with Gasteiger partial charge in [-0.1, -0.05) is 12.5 Å². The van der Waals surface area contributed by atoms with Gasteiger partial charge in [0.2, 0.25) is 0 Å². The van der Waals surface area contributed by atoms with Crippen LogP contribution < -0.4 is 15.8 Å². The zero-order valence-corrected chi connectivity index (χ0v) is 16.4. The molecule has 4 rings (SSSR count). The smallest absolute Gasteiger partial charge is 0.408 e. The number of ether oxygens (including phenoxy) is 1. The third-order valence-electron chi connectivity index (χ3n) is 5.14. The molecule has 152 valence electrons. The molecule has 1 aromatic carbocycles. The Morgan fingerprint density at radius 1 is 1.21 bits per heavy atom. The summed E-state index contributed by atoms with van der Waals surface area (Å²) in [5, 5.41) is 3.44. The number of imidazole rings is 1. The molecule has 29 heavy (non-hydrogen) atoms. The first-order valence-corrected chi connectivity index (χ1v) is 10.1. The molecule has 0 spiro atoms. The lowest BCUT2D eigenvalue weighted by Gasteiger charge is -2.26. The Hall–Kier alpha value is -3.13. The quantitative estimate of drug-likeness (QED) is 0.530. The van der Waals surface area contributed by atoms with Gasteiger partial charge in [0.25, 0.3) is 0 Å². The van der Waals surface area contributed by atoms with Gasteiger partial charge in [0.15, 0.2) is 5.75 Å². The van der Waals surface area contributed by atoms with E-state index < -0.39 is 6.09 Å². The second-order valence-electron chi connectivity index (χ2n) is 7.24. The largest absolute Gasteiger partial charge is 0.410 e. The van der Waals surface area contributed by atoms with Crippen LogP contribution in [-0.4, -0.2) is 52.1 Å². The molecule has 0 radical (unpaired) electrons. The van der Waals surface area contributed by atoms with Crippen molar-refractivity contribution in [2.45, 2.75) is 25.7 Å². The zero-order chi connectivity index (χ0) is 20.1. The van der Waals surface area contributed by atoms with E-state index >= 15 is 0 Å². The number of pyridine rings is 1. The highest BCUT2D eigenvalue weighted by Gasteiger charge is 2.15. The molecule has 0 unspecified atom stereocenters. The molecule has 3 aromatic rings. The van der Waals surface area contributed by atoms with Crippen molar-refractivity contribution in [2.75, 3.05) is 31.5 Å². The molecule has 8 nitrogen and oxygen atoms in total. The fourth-order valence-corrected chi connectivity index (χ4v) is 3.75. The number of nitrogens with one attached hydrogen (secondary N) is 2. The second-order valence-corrected chi connectivity index (χ2v) is 7.24. The number of rotatable bonds is 7. The number of hydrogen-bond acceptors (Lipinski definition) is 6. The maximum absolute atomic E-state index is 11.1. The topological polar surface area (TPSA) is 109 Å². The normalized spacial score (nSPS) is 14.8. The monoisotopic (exact) mass is 394 g/mol. The van der Waals surface area contributed by atoms with Crippen LogP contribution >= 0.6 is 0 Å². The molecular weight excluding hydrogens is 368 g/mol. The van der Waals surface area contributed by atoms with Crippen molar-refractivity contribution >= 4 is 22.9 Å². The molecule has 3 heterocycles. The standard InChI is InChI=1S/C21H26N6O2/c22-21(28)29-17-9-4-8-16-18(17)26-20(25-16)15-7-5-10-23-19(15)24-11-6-14-27-12-2-1-3-13-27/h4-5,7-10H,1-3,6,11-14H2,(H2,22,28)(H,23,24)(H,25,26). The van der Waals surface area contributed by atoms with Crippen molar-refractivity contribution in [3.63, 3.8) is 0 Å². The Morgan fingerprint density at radius 2 is 2.07 bits per heavy atom. The molecule has 1 aliphatic heterocycles. The average Bonchev–Trinajstić information content (AvgIpc) is 3.17. The molecule has 1 saturated heterocycles. The highest BCUT2D eigenvalue weighted by molar-refractivity contribution is 5.88. The predicted molar refractivity (Wildman–Crippen MR) is 113 cm³/mol. The number of fused-ring (bicyclic) bond motifs is 1. The minimum absolute atomic E-state index is 0.331. The van der Waals surface area contributed by atoms with E-state index in [1.807, 2.05) is 18.2 Å². The van der Waals surface area contributed by atoms with Gasteiger partial charge >= 0.3 is 6.09 Å². The average molecular weight is 394 g/mol. The second kappa shape index (κ2) is 8.91. The van der Waals surface area contributed by atoms with Crippen molar-refractivity contribution in [1.29, 1.82) is 0 Å². The summed E-state index contributed by atoms with van der Waals surface area (Å²) in [5.74, 6) is 1.77. The molecule has 8 heteroatoms. The number of para-hydroxylation sites is 1. The number of aromatic nitrogens is 3. The molecule has 0 aliphatic carbocycles. The summed E-state index contributed by atoms with van der Waals surface area (Å²) >= 11 is 0. The number of piperidine rings is 1. The molecule has 4 N–H and O–H groups in total. The van der Waals surface area contributed by atoms with Crippen LogP contribution in [0.4, 0.5) is 10.6 Å². The number of likely N-dealkylation sites (tertiary alicyclic amines) is 1. The summed E-state index contributed by atoms with van der Waals surface area (Å²) < 4.78 is 5.06. The van der Waals surface area contributed by atoms with Crippen molar-refractivity contribution in [1.82, 2.24) is 19.9 Å². The van der Waals surface area contributed by atoms with Crippen LogP contribution in [0.5, 0.6) is 5.75 Å². The summed E-state index contributed by atoms with van der Waals surface area (Å²) in [6.07, 6.45) is 5.94. The zero-order valence-electron chi connectivity index (χ0n) is 16.4. The summed E-state index contributed by atoms with van der Waals surface area (Å²) in [4.78, 5) is 26.1. The number of carbonyl (C=O) groups is 1. The molecule has 0 saturated carbocycles. The molecule has 1 aliphatic rings. The Morgan fingerprint density at radius 3 is 2.90 bits per heavy atom. The van der Waals surface area contributed by atoms with Crippen LogP contribution in [0.2, 0.25) is 0 Å². The number of nitrogens with zero attached hydrogens (tertiary/aromatic N) is 3. The van der Waals surface area contributed by atoms with Crippen molar-refractivity contribution in [3.05, 3.63) is 36.5 Å². The molecule has 1 amide bonds. The maximum Gasteiger partial charge on any atom is 0.410 e. The minimum atomic E-state index is -0.862. The molecular formula is C21H26N6O2. The van der Waals surface area contributed by atoms with Crippen molar-refractivity contribution in [3.8, 4) is 17.1 Å². The van der Waals surface area contributed by atoms with Crippen LogP contribution in [0.3, 0.4) is 0 Å². The minimum Gasteiger partial charge on any atom is -0.408 e. The summed E-state index contributed by atoms with van der Waals surface area (Å²) in [5.41, 5.74) is 7.34. The van der Waals surface area contributed by atoms with Gasteiger partial charge in [-0.05, 0) is 63.2 Å². The number of H-pyrrole nitrogens is 1. The van der Waals surface area contributed by atoms with E-state index in [2.05, 4.69) is 25.2 Å². The Kier molecular flexibility index (Phi) is 5.90. The van der Waals surface area contributed by atoms with Gasteiger partial charge in [0, 0.05) is 12.7 Å². The van der Waals surface area contributed by atoms with Crippen LogP contribution in [0.15, 0.2) is 36.5 Å². The number of nitrogens with two attached hydrogens (primary N) is 1. The highest BCUT2D eigenvalue weighted by atomic mass is 16.5. The SMILES string of the molecule is NC(=O)Oc1cccc2[nH]c(-c3cccnc3NCCCN3CCCCC3)nc12. The van der Waals surface area contributed by atoms with Gasteiger partial charge in [-0.15, -0.1) is 0 Å². The Bertz CT molecular complexity index is 980. The fraction of sp³-hybridized carbons (Fsp3) is 0.381. The van der Waals surface area contributed by atoms with Gasteiger partial charge in [0.1, 0.15) is 17.2 Å². The van der Waals surface area contributed by atoms with E-state index in [9.17, 15) is 4.79 Å². The molecule has 0 atom stereocenters. The van der Waals surface area contributed by atoms with E-state index in [4.69, 9.17) is 10.5 Å². The number of anilines is 1. The predicted octanol–water partition coefficient (Wildman–Crippen LogP) is 3.37. The summed E-state index contributed by atoms with van der Waals surface area (Å²) in [7, 11) is 0. The lowest BCUT2D eigenvalue weighted by Crippen LogP contribution is -2.31. The van der Waals surface area contributed by atoms with Gasteiger partial charge in [-0.25, -0.2) is 14.8 Å². The van der Waals surface area contributed by atoms with E-state index in [0.29, 0.717) is 17.1 Å². The summed E-state index contributed by atoms with van der Waals surface area (Å²) in [6.45, 7) is 4.37. The van der Waals surface area contributed by atoms with Crippen LogP contribution in [0.25, 0.3) is 22.4 Å². The first-order chi connectivity index (χ1) is 14.2. The molecule has 2 aromatic heterocycles. The van der Waals surface area contributed by atoms with Crippen molar-refractivity contribution < 1.29 is 9.53 Å². The van der Waals surface area contributed by atoms with Crippen LogP contribution in [0, 0.1) is 0 Å². The van der Waals surface area contributed by atoms with Crippen LogP contribution in [-0.2, 0) is 0 Å². The third kappa shape index (κ3) is 4.65. The van der Waals surface area contributed by atoms with Crippen LogP contribution in [0.1, 0.15) is 25.7 Å². The summed E-state index contributed by atoms with van der Waals surface area (Å²) in [6, 6.07) is 9.17. The fourth-order valence-electron chi connectivity index (χ4n) is 3.75.